The third kappa shape index (κ3) is 12.6. The summed E-state index contributed by atoms with van der Waals surface area (Å²) in [5.41, 5.74) is 0. The van der Waals surface area contributed by atoms with Gasteiger partial charge in [0, 0.05) is 33.6 Å². The van der Waals surface area contributed by atoms with Gasteiger partial charge in [0.1, 0.15) is 0 Å². The summed E-state index contributed by atoms with van der Waals surface area (Å²) in [7, 11) is 0. The van der Waals surface area contributed by atoms with Gasteiger partial charge < -0.3 is 11.0 Å². The van der Waals surface area contributed by atoms with Gasteiger partial charge in [-0.3, -0.25) is 0 Å². The second-order valence-electron chi connectivity index (χ2n) is 0. The Bertz CT molecular complexity index is 6.00. The van der Waals surface area contributed by atoms with E-state index in [4.69, 9.17) is 0 Å². The van der Waals surface area contributed by atoms with Crippen LogP contribution >= 0.6 is 0 Å². The maximum absolute atomic E-state index is 0. The van der Waals surface area contributed by atoms with Crippen LogP contribution in [0.1, 0.15) is 0 Å². The Balaban J connectivity index is 0. The first-order chi connectivity index (χ1) is 0. The van der Waals surface area contributed by atoms with E-state index >= 15 is 0 Å². The van der Waals surface area contributed by atoms with Crippen molar-refractivity contribution in [3.63, 3.8) is 0 Å². The average Bonchev–Trinajstić information content (AvgIpc) is 0. The van der Waals surface area contributed by atoms with Gasteiger partial charge in [-0.15, -0.1) is 0 Å². The van der Waals surface area contributed by atoms with Crippen molar-refractivity contribution in [1.29, 1.82) is 0 Å². The van der Waals surface area contributed by atoms with Gasteiger partial charge in [-0.1, -0.05) is 0 Å². The molecule has 0 aromatic heterocycles. The smallest absolute Gasteiger partial charge is 0 e. The molecular formula is H4FeNiO2. The molecule has 0 rings (SSSR count). The molecule has 0 heterocycles. The van der Waals surface area contributed by atoms with E-state index in [0.717, 1.165) is 0 Å². The molecule has 0 saturated carbocycles. The molecule has 0 amide bonds. The molecule has 0 aromatic rings. The van der Waals surface area contributed by atoms with E-state index in [1.165, 1.54) is 0 Å². The molecular weight excluding hydrogens is 147 g/mol. The van der Waals surface area contributed by atoms with Crippen LogP contribution in [-0.2, 0) is 33.6 Å². The molecule has 0 unspecified atom stereocenters. The van der Waals surface area contributed by atoms with Crippen molar-refractivity contribution >= 4 is 0 Å². The number of hydrogen-bond acceptors (Lipinski definition) is 0. The SMILES string of the molecule is O.O.[Fe].[Ni]. The van der Waals surface area contributed by atoms with Crippen molar-refractivity contribution in [2.75, 3.05) is 0 Å². The summed E-state index contributed by atoms with van der Waals surface area (Å²) in [6, 6.07) is 0. The van der Waals surface area contributed by atoms with Crippen LogP contribution in [-0.4, -0.2) is 11.0 Å². The molecule has 0 fully saturated rings. The van der Waals surface area contributed by atoms with E-state index in [1.54, 1.807) is 0 Å². The largest absolute Gasteiger partial charge is 0.412 e. The molecule has 0 bridgehead atoms. The van der Waals surface area contributed by atoms with Gasteiger partial charge in [-0.2, -0.15) is 0 Å². The minimum Gasteiger partial charge on any atom is -0.412 e. The zero-order chi connectivity index (χ0) is 0. The molecule has 0 atom stereocenters. The molecule has 0 aliphatic carbocycles. The van der Waals surface area contributed by atoms with E-state index in [1.807, 2.05) is 0 Å². The summed E-state index contributed by atoms with van der Waals surface area (Å²) in [5.74, 6) is 0. The Morgan fingerprint density at radius 2 is 0.750 bits per heavy atom. The fourth-order valence-corrected chi connectivity index (χ4v) is 0. The fraction of sp³-hybridized carbons (Fsp3) is 0. The summed E-state index contributed by atoms with van der Waals surface area (Å²) < 4.78 is 0. The molecule has 0 aliphatic rings. The first-order valence-corrected chi connectivity index (χ1v) is 0. The molecule has 4 heavy (non-hydrogen) atoms. The van der Waals surface area contributed by atoms with Gasteiger partial charge >= 0.3 is 0 Å². The van der Waals surface area contributed by atoms with E-state index in [9.17, 15) is 0 Å². The average molecular weight is 151 g/mol. The Kier molecular flexibility index (Phi) is 852. The minimum atomic E-state index is 0. The molecule has 0 radical (unpaired) electrons. The van der Waals surface area contributed by atoms with Crippen LogP contribution in [0, 0.1) is 0 Å². The van der Waals surface area contributed by atoms with Crippen LogP contribution in [0.5, 0.6) is 0 Å². The van der Waals surface area contributed by atoms with Gasteiger partial charge in [0.25, 0.3) is 0 Å². The Hall–Kier alpha value is 0.933. The van der Waals surface area contributed by atoms with Crippen molar-refractivity contribution in [3.05, 3.63) is 0 Å². The third-order valence-electron chi connectivity index (χ3n) is 0. The van der Waals surface area contributed by atoms with Gasteiger partial charge in [-0.05, 0) is 0 Å². The topological polar surface area (TPSA) is 63.0 Å². The zero-order valence-electron chi connectivity index (χ0n) is 1.67. The zero-order valence-corrected chi connectivity index (χ0v) is 3.76. The fourth-order valence-electron chi connectivity index (χ4n) is 0. The van der Waals surface area contributed by atoms with Crippen molar-refractivity contribution < 1.29 is 44.5 Å². The van der Waals surface area contributed by atoms with Gasteiger partial charge in [0.2, 0.25) is 0 Å². The predicted octanol–water partition coefficient (Wildman–Crippen LogP) is -1.65. The van der Waals surface area contributed by atoms with E-state index < -0.39 is 0 Å². The van der Waals surface area contributed by atoms with Crippen molar-refractivity contribution in [2.24, 2.45) is 0 Å². The van der Waals surface area contributed by atoms with Crippen LogP contribution in [0.15, 0.2) is 0 Å². The molecule has 0 spiro atoms. The monoisotopic (exact) mass is 150 g/mol. The van der Waals surface area contributed by atoms with E-state index in [-0.39, 0.29) is 44.5 Å². The molecule has 0 aliphatic heterocycles. The molecule has 4 heteroatoms. The molecule has 2 nitrogen and oxygen atoms in total. The predicted molar refractivity (Wildman–Crippen MR) is 7.23 cm³/mol. The maximum Gasteiger partial charge on any atom is 0 e. The second-order valence-corrected chi connectivity index (χ2v) is 0. The van der Waals surface area contributed by atoms with Crippen molar-refractivity contribution in [3.8, 4) is 0 Å². The van der Waals surface area contributed by atoms with Crippen molar-refractivity contribution in [1.82, 2.24) is 0 Å². The molecule has 4 N–H and O–H groups in total. The Morgan fingerprint density at radius 1 is 0.750 bits per heavy atom. The van der Waals surface area contributed by atoms with Gasteiger partial charge in [0.05, 0.1) is 0 Å². The third-order valence-corrected chi connectivity index (χ3v) is 0. The van der Waals surface area contributed by atoms with Gasteiger partial charge in [0.15, 0.2) is 0 Å². The van der Waals surface area contributed by atoms with E-state index in [2.05, 4.69) is 0 Å². The van der Waals surface area contributed by atoms with Crippen molar-refractivity contribution in [2.45, 2.75) is 0 Å². The molecule has 0 saturated heterocycles. The summed E-state index contributed by atoms with van der Waals surface area (Å²) in [6.07, 6.45) is 0. The van der Waals surface area contributed by atoms with E-state index in [0.29, 0.717) is 0 Å². The maximum atomic E-state index is 0. The van der Waals surface area contributed by atoms with Gasteiger partial charge in [-0.25, -0.2) is 0 Å². The summed E-state index contributed by atoms with van der Waals surface area (Å²) in [6.45, 7) is 0. The Morgan fingerprint density at radius 3 is 0.750 bits per heavy atom. The normalized spacial score (nSPS) is 0. The standard InChI is InChI=1S/Fe.Ni.2H2O/h;;2*1H2. The first-order valence-electron chi connectivity index (χ1n) is 0. The quantitative estimate of drug-likeness (QED) is 0.372. The Labute approximate surface area is 45.0 Å². The summed E-state index contributed by atoms with van der Waals surface area (Å²) in [4.78, 5) is 0. The number of rotatable bonds is 0. The molecule has 0 aromatic carbocycles. The molecule has 34 valence electrons. The van der Waals surface area contributed by atoms with Crippen LogP contribution < -0.4 is 0 Å². The van der Waals surface area contributed by atoms with Crippen LogP contribution in [0.3, 0.4) is 0 Å². The first kappa shape index (κ1) is 87.7. The summed E-state index contributed by atoms with van der Waals surface area (Å²) in [5, 5.41) is 0. The van der Waals surface area contributed by atoms with Crippen LogP contribution in [0.2, 0.25) is 0 Å². The number of hydrogen-bond donors (Lipinski definition) is 0. The van der Waals surface area contributed by atoms with Crippen LogP contribution in [0.4, 0.5) is 0 Å². The minimum absolute atomic E-state index is 0. The second kappa shape index (κ2) is 38.9. The van der Waals surface area contributed by atoms with Crippen LogP contribution in [0.25, 0.3) is 0 Å². The summed E-state index contributed by atoms with van der Waals surface area (Å²) >= 11 is 0.